The van der Waals surface area contributed by atoms with Crippen molar-refractivity contribution in [2.24, 2.45) is 0 Å². The number of benzene rings is 2. The van der Waals surface area contributed by atoms with Crippen LogP contribution in [-0.2, 0) is 17.6 Å². The van der Waals surface area contributed by atoms with Gasteiger partial charge in [0.25, 0.3) is 0 Å². The molecule has 2 heterocycles. The highest BCUT2D eigenvalue weighted by Crippen LogP contribution is 2.19. The zero-order valence-corrected chi connectivity index (χ0v) is 16.8. The predicted molar refractivity (Wildman–Crippen MR) is 109 cm³/mol. The van der Waals surface area contributed by atoms with Crippen molar-refractivity contribution >= 4 is 5.97 Å². The first-order valence-corrected chi connectivity index (χ1v) is 9.62. The Bertz CT molecular complexity index is 1130. The third kappa shape index (κ3) is 4.43. The number of carbonyl (C=O) groups is 1. The molecule has 0 bridgehead atoms. The Morgan fingerprint density at radius 1 is 1.00 bits per heavy atom. The Morgan fingerprint density at radius 2 is 1.77 bits per heavy atom. The van der Waals surface area contributed by atoms with E-state index in [0.717, 1.165) is 29.8 Å². The lowest BCUT2D eigenvalue weighted by Gasteiger charge is -2.02. The minimum absolute atomic E-state index is 0.368. The molecule has 0 amide bonds. The molecule has 0 fully saturated rings. The fourth-order valence-corrected chi connectivity index (χ4v) is 3.00. The second kappa shape index (κ2) is 8.69. The number of aryl methyl sites for hydroxylation is 3. The predicted octanol–water partition coefficient (Wildman–Crippen LogP) is 3.59. The smallest absolute Gasteiger partial charge is 0.337 e. The van der Waals surface area contributed by atoms with E-state index in [1.165, 1.54) is 12.7 Å². The Kier molecular flexibility index (Phi) is 5.65. The molecular weight excluding hydrogens is 382 g/mol. The van der Waals surface area contributed by atoms with Gasteiger partial charge in [-0.1, -0.05) is 22.9 Å². The average molecular weight is 403 g/mol. The second-order valence-electron chi connectivity index (χ2n) is 6.91. The zero-order valence-electron chi connectivity index (χ0n) is 16.8. The van der Waals surface area contributed by atoms with Crippen molar-refractivity contribution in [2.45, 2.75) is 26.2 Å². The Morgan fingerprint density at radius 3 is 2.50 bits per heavy atom. The standard InChI is InChI=1S/C22H21N5O3/c1-15-6-8-16(9-7-15)21-25-24-20(30-21)5-3-4-18-14-27(26-23-18)19-12-10-17(11-13-19)22(28)29-2/h6-14H,3-5H2,1-2H3. The maximum absolute atomic E-state index is 11.5. The van der Waals surface area contributed by atoms with Gasteiger partial charge in [-0.15, -0.1) is 15.3 Å². The van der Waals surface area contributed by atoms with Crippen LogP contribution in [0.5, 0.6) is 0 Å². The summed E-state index contributed by atoms with van der Waals surface area (Å²) in [4.78, 5) is 11.5. The number of rotatable bonds is 7. The molecule has 0 N–H and O–H groups in total. The fraction of sp³-hybridized carbons (Fsp3) is 0.227. The van der Waals surface area contributed by atoms with Crippen molar-refractivity contribution < 1.29 is 13.9 Å². The summed E-state index contributed by atoms with van der Waals surface area (Å²) < 4.78 is 12.1. The summed E-state index contributed by atoms with van der Waals surface area (Å²) in [5, 5.41) is 16.6. The summed E-state index contributed by atoms with van der Waals surface area (Å²) in [5.41, 5.74) is 4.28. The van der Waals surface area contributed by atoms with Crippen molar-refractivity contribution in [1.29, 1.82) is 0 Å². The third-order valence-corrected chi connectivity index (χ3v) is 4.68. The molecule has 4 rings (SSSR count). The summed E-state index contributed by atoms with van der Waals surface area (Å²) >= 11 is 0. The Labute approximate surface area is 173 Å². The van der Waals surface area contributed by atoms with Gasteiger partial charge in [-0.2, -0.15) is 0 Å². The molecule has 0 aliphatic carbocycles. The normalized spacial score (nSPS) is 10.9. The number of ether oxygens (including phenoxy) is 1. The highest BCUT2D eigenvalue weighted by atomic mass is 16.5. The van der Waals surface area contributed by atoms with E-state index < -0.39 is 0 Å². The molecule has 0 spiro atoms. The summed E-state index contributed by atoms with van der Waals surface area (Å²) in [5.74, 6) is 0.773. The van der Waals surface area contributed by atoms with Crippen molar-refractivity contribution in [3.63, 3.8) is 0 Å². The first-order chi connectivity index (χ1) is 14.6. The highest BCUT2D eigenvalue weighted by Gasteiger charge is 2.10. The van der Waals surface area contributed by atoms with Crippen LogP contribution in [0.25, 0.3) is 17.1 Å². The Hall–Kier alpha value is -3.81. The highest BCUT2D eigenvalue weighted by molar-refractivity contribution is 5.89. The lowest BCUT2D eigenvalue weighted by molar-refractivity contribution is 0.0600. The molecule has 0 aliphatic rings. The molecule has 8 nitrogen and oxygen atoms in total. The number of hydrogen-bond acceptors (Lipinski definition) is 7. The molecule has 8 heteroatoms. The zero-order chi connectivity index (χ0) is 20.9. The lowest BCUT2D eigenvalue weighted by Crippen LogP contribution is -2.02. The topological polar surface area (TPSA) is 95.9 Å². The first kappa shape index (κ1) is 19.5. The number of aromatic nitrogens is 5. The largest absolute Gasteiger partial charge is 0.465 e. The van der Waals surface area contributed by atoms with Crippen LogP contribution in [0.15, 0.2) is 59.1 Å². The van der Waals surface area contributed by atoms with Crippen molar-refractivity contribution in [2.75, 3.05) is 7.11 Å². The van der Waals surface area contributed by atoms with Crippen LogP contribution in [0.2, 0.25) is 0 Å². The van der Waals surface area contributed by atoms with Gasteiger partial charge in [-0.3, -0.25) is 0 Å². The minimum Gasteiger partial charge on any atom is -0.465 e. The number of methoxy groups -OCH3 is 1. The van der Waals surface area contributed by atoms with E-state index in [0.29, 0.717) is 23.8 Å². The summed E-state index contributed by atoms with van der Waals surface area (Å²) in [6, 6.07) is 15.0. The lowest BCUT2D eigenvalue weighted by atomic mass is 10.1. The summed E-state index contributed by atoms with van der Waals surface area (Å²) in [6.07, 6.45) is 4.09. The van der Waals surface area contributed by atoms with Crippen LogP contribution >= 0.6 is 0 Å². The fourth-order valence-electron chi connectivity index (χ4n) is 3.00. The molecule has 0 saturated heterocycles. The Balaban J connectivity index is 1.33. The molecular formula is C22H21N5O3. The van der Waals surface area contributed by atoms with Crippen molar-refractivity contribution in [3.05, 3.63) is 77.4 Å². The molecule has 0 atom stereocenters. The van der Waals surface area contributed by atoms with E-state index in [1.54, 1.807) is 28.9 Å². The van der Waals surface area contributed by atoms with E-state index in [4.69, 9.17) is 9.15 Å². The number of hydrogen-bond donors (Lipinski definition) is 0. The molecule has 2 aromatic carbocycles. The molecule has 30 heavy (non-hydrogen) atoms. The van der Waals surface area contributed by atoms with Gasteiger partial charge in [0.05, 0.1) is 30.3 Å². The quantitative estimate of drug-likeness (QED) is 0.435. The van der Waals surface area contributed by atoms with Crippen LogP contribution in [-0.4, -0.2) is 38.3 Å². The first-order valence-electron chi connectivity index (χ1n) is 9.62. The molecule has 2 aromatic heterocycles. The van der Waals surface area contributed by atoms with Crippen LogP contribution < -0.4 is 0 Å². The monoisotopic (exact) mass is 403 g/mol. The van der Waals surface area contributed by atoms with E-state index in [-0.39, 0.29) is 5.97 Å². The van der Waals surface area contributed by atoms with Gasteiger partial charge in [-0.25, -0.2) is 9.48 Å². The van der Waals surface area contributed by atoms with Crippen molar-refractivity contribution in [1.82, 2.24) is 25.2 Å². The van der Waals surface area contributed by atoms with Crippen LogP contribution in [0, 0.1) is 6.92 Å². The van der Waals surface area contributed by atoms with E-state index in [1.807, 2.05) is 37.4 Å². The molecule has 0 saturated carbocycles. The van der Waals surface area contributed by atoms with Gasteiger partial charge in [0, 0.05) is 12.0 Å². The van der Waals surface area contributed by atoms with Crippen LogP contribution in [0.1, 0.15) is 33.9 Å². The molecule has 4 aromatic rings. The van der Waals surface area contributed by atoms with Gasteiger partial charge in [-0.05, 0) is 56.2 Å². The van der Waals surface area contributed by atoms with Gasteiger partial charge >= 0.3 is 5.97 Å². The SMILES string of the molecule is COC(=O)c1ccc(-n2cc(CCCc3nnc(-c4ccc(C)cc4)o3)nn2)cc1. The molecule has 0 aliphatic heterocycles. The number of esters is 1. The average Bonchev–Trinajstić information content (AvgIpc) is 3.44. The van der Waals surface area contributed by atoms with Crippen molar-refractivity contribution in [3.8, 4) is 17.1 Å². The van der Waals surface area contributed by atoms with E-state index >= 15 is 0 Å². The maximum Gasteiger partial charge on any atom is 0.337 e. The van der Waals surface area contributed by atoms with Gasteiger partial charge in [0.1, 0.15) is 0 Å². The van der Waals surface area contributed by atoms with Crippen LogP contribution in [0.4, 0.5) is 0 Å². The molecule has 0 unspecified atom stereocenters. The van der Waals surface area contributed by atoms with E-state index in [2.05, 4.69) is 20.5 Å². The minimum atomic E-state index is -0.368. The molecule has 0 radical (unpaired) electrons. The maximum atomic E-state index is 11.5. The number of carbonyl (C=O) groups excluding carboxylic acids is 1. The summed E-state index contributed by atoms with van der Waals surface area (Å²) in [7, 11) is 1.36. The van der Waals surface area contributed by atoms with Gasteiger partial charge < -0.3 is 9.15 Å². The second-order valence-corrected chi connectivity index (χ2v) is 6.91. The van der Waals surface area contributed by atoms with E-state index in [9.17, 15) is 4.79 Å². The van der Waals surface area contributed by atoms with Crippen LogP contribution in [0.3, 0.4) is 0 Å². The summed E-state index contributed by atoms with van der Waals surface area (Å²) in [6.45, 7) is 2.04. The molecule has 152 valence electrons. The third-order valence-electron chi connectivity index (χ3n) is 4.68. The number of nitrogens with zero attached hydrogens (tertiary/aromatic N) is 5. The van der Waals surface area contributed by atoms with Gasteiger partial charge in [0.2, 0.25) is 11.8 Å². The van der Waals surface area contributed by atoms with Gasteiger partial charge in [0.15, 0.2) is 0 Å².